The first kappa shape index (κ1) is 17.4. The van der Waals surface area contributed by atoms with Crippen molar-refractivity contribution in [3.05, 3.63) is 11.8 Å². The van der Waals surface area contributed by atoms with Gasteiger partial charge in [-0.25, -0.2) is 0 Å². The third-order valence-corrected chi connectivity index (χ3v) is 3.71. The van der Waals surface area contributed by atoms with Gasteiger partial charge in [0.2, 0.25) is 5.91 Å². The minimum Gasteiger partial charge on any atom is -0.369 e. The van der Waals surface area contributed by atoms with Crippen LogP contribution in [0.4, 0.5) is 5.82 Å². The zero-order valence-corrected chi connectivity index (χ0v) is 13.9. The van der Waals surface area contributed by atoms with Gasteiger partial charge in [0.05, 0.1) is 6.54 Å². The minimum atomic E-state index is -0.412. The van der Waals surface area contributed by atoms with Crippen molar-refractivity contribution < 1.29 is 18.8 Å². The number of aryl methyl sites for hydroxylation is 1. The molecule has 8 nitrogen and oxygen atoms in total. The number of amides is 2. The highest BCUT2D eigenvalue weighted by molar-refractivity contribution is 5.91. The van der Waals surface area contributed by atoms with Crippen molar-refractivity contribution >= 4 is 17.6 Å². The van der Waals surface area contributed by atoms with Crippen LogP contribution in [0.2, 0.25) is 0 Å². The molecule has 0 saturated carbocycles. The van der Waals surface area contributed by atoms with E-state index in [4.69, 9.17) is 9.26 Å². The molecule has 2 amide bonds. The molecule has 2 rings (SSSR count). The Labute approximate surface area is 135 Å². The number of nitrogens with zero attached hydrogens (tertiary/aromatic N) is 3. The van der Waals surface area contributed by atoms with Crippen molar-refractivity contribution in [1.29, 1.82) is 0 Å². The van der Waals surface area contributed by atoms with Crippen molar-refractivity contribution in [2.24, 2.45) is 0 Å². The lowest BCUT2D eigenvalue weighted by Gasteiger charge is -2.35. The first-order chi connectivity index (χ1) is 11.0. The van der Waals surface area contributed by atoms with Crippen LogP contribution in [-0.2, 0) is 14.3 Å². The topological polar surface area (TPSA) is 87.9 Å². The number of carbonyl (C=O) groups is 2. The molecule has 8 heteroatoms. The van der Waals surface area contributed by atoms with Crippen LogP contribution < -0.4 is 5.32 Å². The number of piperazine rings is 1. The zero-order valence-electron chi connectivity index (χ0n) is 13.9. The third-order valence-electron chi connectivity index (χ3n) is 3.71. The number of carbonyl (C=O) groups excluding carboxylic acids is 2. The van der Waals surface area contributed by atoms with Gasteiger partial charge >= 0.3 is 0 Å². The fourth-order valence-corrected chi connectivity index (χ4v) is 2.52. The molecule has 1 fully saturated rings. The van der Waals surface area contributed by atoms with Crippen molar-refractivity contribution in [3.63, 3.8) is 0 Å². The molecule has 0 spiro atoms. The highest BCUT2D eigenvalue weighted by Gasteiger charge is 2.25. The standard InChI is InChI=1S/C15H24N4O4/c1-4-22-12(3)15(21)19-7-5-18(6-8-19)10-14(20)16-13-9-11(2)23-17-13/h9,12H,4-8,10H2,1-3H3,(H,16,17,20). The molecule has 1 unspecified atom stereocenters. The molecule has 1 N–H and O–H groups in total. The fourth-order valence-electron chi connectivity index (χ4n) is 2.52. The van der Waals surface area contributed by atoms with E-state index < -0.39 is 6.10 Å². The number of nitrogens with one attached hydrogen (secondary N) is 1. The second-order valence-corrected chi connectivity index (χ2v) is 5.57. The molecule has 1 aromatic rings. The zero-order chi connectivity index (χ0) is 16.8. The van der Waals surface area contributed by atoms with E-state index in [9.17, 15) is 9.59 Å². The molecule has 2 heterocycles. The SMILES string of the molecule is CCOC(C)C(=O)N1CCN(CC(=O)Nc2cc(C)on2)CC1. The van der Waals surface area contributed by atoms with Crippen molar-refractivity contribution in [1.82, 2.24) is 15.0 Å². The summed E-state index contributed by atoms with van der Waals surface area (Å²) in [4.78, 5) is 27.9. The molecular formula is C15H24N4O4. The Morgan fingerprint density at radius 3 is 2.65 bits per heavy atom. The largest absolute Gasteiger partial charge is 0.369 e. The van der Waals surface area contributed by atoms with Crippen molar-refractivity contribution in [3.8, 4) is 0 Å². The van der Waals surface area contributed by atoms with E-state index in [2.05, 4.69) is 10.5 Å². The smallest absolute Gasteiger partial charge is 0.251 e. The lowest BCUT2D eigenvalue weighted by molar-refractivity contribution is -0.144. The number of aromatic nitrogens is 1. The predicted octanol–water partition coefficient (Wildman–Crippen LogP) is 0.491. The normalized spacial score (nSPS) is 17.1. The maximum atomic E-state index is 12.1. The van der Waals surface area contributed by atoms with Crippen LogP contribution in [0, 0.1) is 6.92 Å². The quantitative estimate of drug-likeness (QED) is 0.819. The van der Waals surface area contributed by atoms with E-state index in [-0.39, 0.29) is 18.4 Å². The summed E-state index contributed by atoms with van der Waals surface area (Å²) in [6.45, 7) is 8.73. The van der Waals surface area contributed by atoms with Gasteiger partial charge in [0.15, 0.2) is 5.82 Å². The lowest BCUT2D eigenvalue weighted by Crippen LogP contribution is -2.52. The minimum absolute atomic E-state index is 0.00836. The van der Waals surface area contributed by atoms with E-state index in [1.807, 2.05) is 11.8 Å². The van der Waals surface area contributed by atoms with Crippen molar-refractivity contribution in [2.45, 2.75) is 26.9 Å². The molecule has 128 valence electrons. The van der Waals surface area contributed by atoms with Crippen molar-refractivity contribution in [2.75, 3.05) is 44.6 Å². The second-order valence-electron chi connectivity index (χ2n) is 5.57. The number of hydrogen-bond acceptors (Lipinski definition) is 6. The number of rotatable bonds is 6. The predicted molar refractivity (Wildman–Crippen MR) is 84.0 cm³/mol. The van der Waals surface area contributed by atoms with E-state index in [1.165, 1.54) is 0 Å². The van der Waals surface area contributed by atoms with Crippen LogP contribution in [0.3, 0.4) is 0 Å². The molecule has 23 heavy (non-hydrogen) atoms. The Hall–Kier alpha value is -1.93. The number of hydrogen-bond donors (Lipinski definition) is 1. The van der Waals surface area contributed by atoms with Gasteiger partial charge in [-0.1, -0.05) is 5.16 Å². The van der Waals surface area contributed by atoms with Gasteiger partial charge in [0.25, 0.3) is 5.91 Å². The molecule has 0 aliphatic carbocycles. The third kappa shape index (κ3) is 5.04. The van der Waals surface area contributed by atoms with Gasteiger partial charge in [-0.05, 0) is 20.8 Å². The molecular weight excluding hydrogens is 300 g/mol. The maximum Gasteiger partial charge on any atom is 0.251 e. The molecule has 0 bridgehead atoms. The molecule has 1 saturated heterocycles. The molecule has 1 aliphatic heterocycles. The molecule has 1 aromatic heterocycles. The highest BCUT2D eigenvalue weighted by Crippen LogP contribution is 2.08. The summed E-state index contributed by atoms with van der Waals surface area (Å²) in [5.41, 5.74) is 0. The Kier molecular flexibility index (Phi) is 6.12. The van der Waals surface area contributed by atoms with Gasteiger partial charge < -0.3 is 19.5 Å². The number of ether oxygens (including phenoxy) is 1. The molecule has 1 aliphatic rings. The lowest BCUT2D eigenvalue weighted by atomic mass is 10.2. The molecule has 0 radical (unpaired) electrons. The average molecular weight is 324 g/mol. The first-order valence-electron chi connectivity index (χ1n) is 7.85. The molecule has 1 atom stereocenters. The average Bonchev–Trinajstić information content (AvgIpc) is 2.92. The second kappa shape index (κ2) is 8.07. The summed E-state index contributed by atoms with van der Waals surface area (Å²) < 4.78 is 10.2. The Morgan fingerprint density at radius 2 is 2.09 bits per heavy atom. The van der Waals surface area contributed by atoms with Crippen LogP contribution in [0.25, 0.3) is 0 Å². The van der Waals surface area contributed by atoms with E-state index in [1.54, 1.807) is 24.8 Å². The van der Waals surface area contributed by atoms with Gasteiger partial charge in [0, 0.05) is 38.9 Å². The van der Waals surface area contributed by atoms with Crippen LogP contribution >= 0.6 is 0 Å². The fraction of sp³-hybridized carbons (Fsp3) is 0.667. The Morgan fingerprint density at radius 1 is 1.39 bits per heavy atom. The van der Waals surface area contributed by atoms with Crippen LogP contribution in [-0.4, -0.2) is 72.2 Å². The summed E-state index contributed by atoms with van der Waals surface area (Å²) in [5.74, 6) is 0.942. The summed E-state index contributed by atoms with van der Waals surface area (Å²) in [7, 11) is 0. The van der Waals surface area contributed by atoms with Gasteiger partial charge in [0.1, 0.15) is 11.9 Å². The Balaban J connectivity index is 1.74. The van der Waals surface area contributed by atoms with E-state index >= 15 is 0 Å². The summed E-state index contributed by atoms with van der Waals surface area (Å²) in [6, 6.07) is 1.67. The van der Waals surface area contributed by atoms with E-state index in [0.717, 1.165) is 0 Å². The van der Waals surface area contributed by atoms with Crippen LogP contribution in [0.1, 0.15) is 19.6 Å². The molecule has 0 aromatic carbocycles. The Bertz CT molecular complexity index is 537. The van der Waals surface area contributed by atoms with Gasteiger partial charge in [-0.15, -0.1) is 0 Å². The monoisotopic (exact) mass is 324 g/mol. The summed E-state index contributed by atoms with van der Waals surface area (Å²) in [5, 5.41) is 6.42. The number of anilines is 1. The highest BCUT2D eigenvalue weighted by atomic mass is 16.5. The summed E-state index contributed by atoms with van der Waals surface area (Å²) >= 11 is 0. The van der Waals surface area contributed by atoms with Gasteiger partial charge in [-0.3, -0.25) is 14.5 Å². The first-order valence-corrected chi connectivity index (χ1v) is 7.85. The summed E-state index contributed by atoms with van der Waals surface area (Å²) in [6.07, 6.45) is -0.412. The maximum absolute atomic E-state index is 12.1. The van der Waals surface area contributed by atoms with Crippen LogP contribution in [0.15, 0.2) is 10.6 Å². The van der Waals surface area contributed by atoms with Crippen LogP contribution in [0.5, 0.6) is 0 Å². The van der Waals surface area contributed by atoms with Gasteiger partial charge in [-0.2, -0.15) is 0 Å². The van der Waals surface area contributed by atoms with E-state index in [0.29, 0.717) is 44.4 Å².